The van der Waals surface area contributed by atoms with Gasteiger partial charge in [-0.25, -0.2) is 4.98 Å². The standard InChI is InChI=1S/C12H18N2O/c1-3-4-5-9-15-12-11(10-13-2)7-6-8-14-12/h3,6-8,13H,1,4-5,9-10H2,2H3. The molecule has 0 amide bonds. The van der Waals surface area contributed by atoms with E-state index in [2.05, 4.69) is 16.9 Å². The van der Waals surface area contributed by atoms with Crippen LogP contribution in [-0.4, -0.2) is 18.6 Å². The quantitative estimate of drug-likeness (QED) is 0.548. The molecule has 0 saturated carbocycles. The average Bonchev–Trinajstić information content (AvgIpc) is 2.27. The van der Waals surface area contributed by atoms with Crippen molar-refractivity contribution < 1.29 is 4.74 Å². The number of nitrogens with zero attached hydrogens (tertiary/aromatic N) is 1. The van der Waals surface area contributed by atoms with E-state index in [1.165, 1.54) is 0 Å². The number of nitrogens with one attached hydrogen (secondary N) is 1. The lowest BCUT2D eigenvalue weighted by atomic mass is 10.2. The molecule has 0 fully saturated rings. The number of aromatic nitrogens is 1. The predicted octanol–water partition coefficient (Wildman–Crippen LogP) is 2.15. The van der Waals surface area contributed by atoms with Crippen molar-refractivity contribution in [1.29, 1.82) is 0 Å². The van der Waals surface area contributed by atoms with Gasteiger partial charge < -0.3 is 10.1 Å². The van der Waals surface area contributed by atoms with Crippen LogP contribution in [0.2, 0.25) is 0 Å². The van der Waals surface area contributed by atoms with E-state index in [0.29, 0.717) is 6.61 Å². The molecule has 0 saturated heterocycles. The fourth-order valence-electron chi connectivity index (χ4n) is 1.28. The number of hydrogen-bond donors (Lipinski definition) is 1. The Morgan fingerprint density at radius 1 is 1.60 bits per heavy atom. The minimum Gasteiger partial charge on any atom is -0.477 e. The number of hydrogen-bond acceptors (Lipinski definition) is 3. The highest BCUT2D eigenvalue weighted by atomic mass is 16.5. The lowest BCUT2D eigenvalue weighted by Crippen LogP contribution is -2.09. The summed E-state index contributed by atoms with van der Waals surface area (Å²) in [5.74, 6) is 0.732. The highest BCUT2D eigenvalue weighted by molar-refractivity contribution is 5.25. The van der Waals surface area contributed by atoms with E-state index in [1.54, 1.807) is 6.20 Å². The summed E-state index contributed by atoms with van der Waals surface area (Å²) in [6, 6.07) is 3.94. The molecule has 1 rings (SSSR count). The molecule has 0 bridgehead atoms. The first-order chi connectivity index (χ1) is 7.38. The van der Waals surface area contributed by atoms with Gasteiger partial charge in [0.05, 0.1) is 6.61 Å². The smallest absolute Gasteiger partial charge is 0.217 e. The maximum absolute atomic E-state index is 5.59. The van der Waals surface area contributed by atoms with Gasteiger partial charge in [-0.15, -0.1) is 6.58 Å². The molecule has 1 aromatic heterocycles. The summed E-state index contributed by atoms with van der Waals surface area (Å²) < 4.78 is 5.59. The molecule has 0 aliphatic carbocycles. The van der Waals surface area contributed by atoms with Gasteiger partial charge >= 0.3 is 0 Å². The number of rotatable bonds is 7. The molecule has 0 unspecified atom stereocenters. The van der Waals surface area contributed by atoms with E-state index in [4.69, 9.17) is 4.74 Å². The maximum atomic E-state index is 5.59. The highest BCUT2D eigenvalue weighted by Gasteiger charge is 2.02. The fraction of sp³-hybridized carbons (Fsp3) is 0.417. The summed E-state index contributed by atoms with van der Waals surface area (Å²) in [5.41, 5.74) is 1.10. The van der Waals surface area contributed by atoms with Gasteiger partial charge in [0.15, 0.2) is 0 Å². The van der Waals surface area contributed by atoms with E-state index < -0.39 is 0 Å². The molecule has 0 aliphatic heterocycles. The van der Waals surface area contributed by atoms with Gasteiger partial charge in [0, 0.05) is 18.3 Å². The van der Waals surface area contributed by atoms with E-state index >= 15 is 0 Å². The number of ether oxygens (including phenoxy) is 1. The number of pyridine rings is 1. The molecule has 3 nitrogen and oxygen atoms in total. The van der Waals surface area contributed by atoms with E-state index in [9.17, 15) is 0 Å². The zero-order valence-electron chi connectivity index (χ0n) is 9.20. The van der Waals surface area contributed by atoms with Crippen molar-refractivity contribution in [2.75, 3.05) is 13.7 Å². The first-order valence-electron chi connectivity index (χ1n) is 5.20. The number of allylic oxidation sites excluding steroid dienone is 1. The molecule has 0 radical (unpaired) electrons. The number of unbranched alkanes of at least 4 members (excludes halogenated alkanes) is 1. The van der Waals surface area contributed by atoms with Gasteiger partial charge in [0.1, 0.15) is 0 Å². The van der Waals surface area contributed by atoms with Crippen molar-refractivity contribution in [3.8, 4) is 5.88 Å². The Morgan fingerprint density at radius 2 is 2.47 bits per heavy atom. The van der Waals surface area contributed by atoms with Crippen LogP contribution in [0.15, 0.2) is 31.0 Å². The molecule has 0 aliphatic rings. The molecule has 0 atom stereocenters. The van der Waals surface area contributed by atoms with Crippen LogP contribution in [-0.2, 0) is 6.54 Å². The Hall–Kier alpha value is -1.35. The minimum atomic E-state index is 0.694. The van der Waals surface area contributed by atoms with Gasteiger partial charge in [0.25, 0.3) is 0 Å². The molecular weight excluding hydrogens is 188 g/mol. The Kier molecular flexibility index (Phi) is 5.48. The van der Waals surface area contributed by atoms with Crippen LogP contribution in [0.5, 0.6) is 5.88 Å². The second-order valence-corrected chi connectivity index (χ2v) is 3.28. The van der Waals surface area contributed by atoms with Crippen LogP contribution in [0.4, 0.5) is 0 Å². The predicted molar refractivity (Wildman–Crippen MR) is 61.9 cm³/mol. The lowest BCUT2D eigenvalue weighted by molar-refractivity contribution is 0.296. The molecule has 1 N–H and O–H groups in total. The lowest BCUT2D eigenvalue weighted by Gasteiger charge is -2.08. The van der Waals surface area contributed by atoms with Gasteiger partial charge in [-0.3, -0.25) is 0 Å². The van der Waals surface area contributed by atoms with Crippen LogP contribution in [0.3, 0.4) is 0 Å². The van der Waals surface area contributed by atoms with Crippen LogP contribution in [0.25, 0.3) is 0 Å². The van der Waals surface area contributed by atoms with Crippen molar-refractivity contribution in [1.82, 2.24) is 10.3 Å². The summed E-state index contributed by atoms with van der Waals surface area (Å²) in [6.07, 6.45) is 5.62. The maximum Gasteiger partial charge on any atom is 0.217 e. The van der Waals surface area contributed by atoms with Gasteiger partial charge in [-0.1, -0.05) is 12.1 Å². The molecule has 1 heterocycles. The molecular formula is C12H18N2O. The van der Waals surface area contributed by atoms with Crippen LogP contribution >= 0.6 is 0 Å². The Morgan fingerprint density at radius 3 is 3.20 bits per heavy atom. The molecule has 1 aromatic rings. The molecule has 0 aromatic carbocycles. The molecule has 3 heteroatoms. The second-order valence-electron chi connectivity index (χ2n) is 3.28. The minimum absolute atomic E-state index is 0.694. The third-order valence-corrected chi connectivity index (χ3v) is 2.01. The van der Waals surface area contributed by atoms with Crippen LogP contribution < -0.4 is 10.1 Å². The summed E-state index contributed by atoms with van der Waals surface area (Å²) >= 11 is 0. The third-order valence-electron chi connectivity index (χ3n) is 2.01. The van der Waals surface area contributed by atoms with E-state index in [1.807, 2.05) is 25.3 Å². The first-order valence-corrected chi connectivity index (χ1v) is 5.20. The van der Waals surface area contributed by atoms with Crippen molar-refractivity contribution in [3.63, 3.8) is 0 Å². The monoisotopic (exact) mass is 206 g/mol. The topological polar surface area (TPSA) is 34.1 Å². The van der Waals surface area contributed by atoms with Gasteiger partial charge in [-0.2, -0.15) is 0 Å². The SMILES string of the molecule is C=CCCCOc1ncccc1CNC. The third kappa shape index (κ3) is 4.13. The Labute approximate surface area is 91.2 Å². The highest BCUT2D eigenvalue weighted by Crippen LogP contribution is 2.14. The van der Waals surface area contributed by atoms with Crippen molar-refractivity contribution >= 4 is 0 Å². The zero-order valence-corrected chi connectivity index (χ0v) is 9.20. The Bertz CT molecular complexity index is 299. The summed E-state index contributed by atoms with van der Waals surface area (Å²) in [4.78, 5) is 4.21. The van der Waals surface area contributed by atoms with Gasteiger partial charge in [0.2, 0.25) is 5.88 Å². The summed E-state index contributed by atoms with van der Waals surface area (Å²) in [6.45, 7) is 5.15. The summed E-state index contributed by atoms with van der Waals surface area (Å²) in [7, 11) is 1.91. The molecule has 82 valence electrons. The average molecular weight is 206 g/mol. The molecule has 15 heavy (non-hydrogen) atoms. The normalized spacial score (nSPS) is 9.93. The van der Waals surface area contributed by atoms with Crippen molar-refractivity contribution in [3.05, 3.63) is 36.5 Å². The fourth-order valence-corrected chi connectivity index (χ4v) is 1.28. The second kappa shape index (κ2) is 7.01. The van der Waals surface area contributed by atoms with Crippen molar-refractivity contribution in [2.24, 2.45) is 0 Å². The molecule has 0 spiro atoms. The van der Waals surface area contributed by atoms with E-state index in [-0.39, 0.29) is 0 Å². The van der Waals surface area contributed by atoms with Gasteiger partial charge in [-0.05, 0) is 26.0 Å². The Balaban J connectivity index is 2.47. The van der Waals surface area contributed by atoms with Crippen LogP contribution in [0.1, 0.15) is 18.4 Å². The van der Waals surface area contributed by atoms with E-state index in [0.717, 1.165) is 30.8 Å². The zero-order chi connectivity index (χ0) is 10.9. The first kappa shape index (κ1) is 11.7. The largest absolute Gasteiger partial charge is 0.477 e. The van der Waals surface area contributed by atoms with Crippen molar-refractivity contribution in [2.45, 2.75) is 19.4 Å². The summed E-state index contributed by atoms with van der Waals surface area (Å²) in [5, 5.41) is 3.09. The van der Waals surface area contributed by atoms with Crippen LogP contribution in [0, 0.1) is 0 Å².